The monoisotopic (exact) mass is 286 g/mol. The van der Waals surface area contributed by atoms with Crippen LogP contribution in [0.3, 0.4) is 0 Å². The zero-order chi connectivity index (χ0) is 14.5. The molecule has 0 aliphatic carbocycles. The van der Waals surface area contributed by atoms with E-state index in [0.29, 0.717) is 6.54 Å². The van der Waals surface area contributed by atoms with Gasteiger partial charge in [0.05, 0.1) is 6.04 Å². The average molecular weight is 286 g/mol. The second-order valence-corrected chi connectivity index (χ2v) is 5.26. The van der Waals surface area contributed by atoms with E-state index < -0.39 is 0 Å². The maximum absolute atomic E-state index is 14.1. The molecule has 0 saturated carbocycles. The molecule has 2 heterocycles. The third-order valence-corrected chi connectivity index (χ3v) is 3.90. The molecule has 3 rings (SSSR count). The van der Waals surface area contributed by atoms with Crippen molar-refractivity contribution in [3.8, 4) is 0 Å². The third-order valence-electron chi connectivity index (χ3n) is 3.90. The zero-order valence-electron chi connectivity index (χ0n) is 11.9. The largest absolute Gasteiger partial charge is 0.368 e. The van der Waals surface area contributed by atoms with Crippen LogP contribution in [0.25, 0.3) is 0 Å². The van der Waals surface area contributed by atoms with Gasteiger partial charge in [-0.15, -0.1) is 0 Å². The first-order valence-electron chi connectivity index (χ1n) is 7.33. The smallest absolute Gasteiger partial charge is 0.129 e. The van der Waals surface area contributed by atoms with E-state index in [0.717, 1.165) is 24.5 Å². The first kappa shape index (κ1) is 13.9. The topological polar surface area (TPSA) is 41.1 Å². The lowest BCUT2D eigenvalue weighted by Crippen LogP contribution is -2.31. The lowest BCUT2D eigenvalue weighted by Gasteiger charge is -2.28. The van der Waals surface area contributed by atoms with Crippen LogP contribution in [0.1, 0.15) is 24.4 Å². The van der Waals surface area contributed by atoms with Crippen LogP contribution < -0.4 is 5.32 Å². The van der Waals surface area contributed by atoms with Crippen molar-refractivity contribution in [1.29, 1.82) is 0 Å². The van der Waals surface area contributed by atoms with Crippen LogP contribution in [-0.2, 0) is 0 Å². The van der Waals surface area contributed by atoms with Gasteiger partial charge in [-0.25, -0.2) is 14.4 Å². The number of nitrogens with one attached hydrogen (secondary N) is 1. The molecule has 4 nitrogen and oxygen atoms in total. The Balaban J connectivity index is 1.78. The maximum Gasteiger partial charge on any atom is 0.129 e. The maximum atomic E-state index is 14.1. The highest BCUT2D eigenvalue weighted by Crippen LogP contribution is 2.27. The quantitative estimate of drug-likeness (QED) is 0.917. The van der Waals surface area contributed by atoms with Gasteiger partial charge in [-0.05, 0) is 38.1 Å². The molecule has 1 aliphatic heterocycles. The number of rotatable bonds is 5. The van der Waals surface area contributed by atoms with E-state index in [9.17, 15) is 4.39 Å². The molecule has 0 spiro atoms. The van der Waals surface area contributed by atoms with Gasteiger partial charge in [-0.3, -0.25) is 4.90 Å². The standard InChI is InChI=1S/C16H19FN4/c17-14-6-2-1-5-13(14)15(21-9-3-4-10-21)11-19-16-7-8-18-12-20-16/h1-2,5-8,12,15H,3-4,9-11H2,(H,18,19,20)/t15-/m1/s1. The third kappa shape index (κ3) is 3.36. The number of nitrogens with zero attached hydrogens (tertiary/aromatic N) is 3. The van der Waals surface area contributed by atoms with Crippen molar-refractivity contribution in [2.75, 3.05) is 25.0 Å². The number of halogens is 1. The Morgan fingerprint density at radius 3 is 2.71 bits per heavy atom. The van der Waals surface area contributed by atoms with Crippen molar-refractivity contribution < 1.29 is 4.39 Å². The Bertz CT molecular complexity index is 569. The summed E-state index contributed by atoms with van der Waals surface area (Å²) in [5.74, 6) is 0.629. The molecule has 0 unspecified atom stereocenters. The second-order valence-electron chi connectivity index (χ2n) is 5.26. The summed E-state index contributed by atoms with van der Waals surface area (Å²) in [6.07, 6.45) is 5.57. The number of aromatic nitrogens is 2. The van der Waals surface area contributed by atoms with Crippen LogP contribution in [0.15, 0.2) is 42.9 Å². The van der Waals surface area contributed by atoms with Crippen LogP contribution in [0.4, 0.5) is 10.2 Å². The van der Waals surface area contributed by atoms with E-state index >= 15 is 0 Å². The number of benzene rings is 1. The van der Waals surface area contributed by atoms with Crippen LogP contribution >= 0.6 is 0 Å². The van der Waals surface area contributed by atoms with Gasteiger partial charge in [0.2, 0.25) is 0 Å². The van der Waals surface area contributed by atoms with Gasteiger partial charge >= 0.3 is 0 Å². The van der Waals surface area contributed by atoms with Gasteiger partial charge in [0, 0.05) is 18.3 Å². The fourth-order valence-electron chi connectivity index (χ4n) is 2.83. The molecule has 1 fully saturated rings. The molecule has 1 aromatic heterocycles. The molecule has 1 N–H and O–H groups in total. The van der Waals surface area contributed by atoms with Gasteiger partial charge < -0.3 is 5.32 Å². The Hall–Kier alpha value is -2.01. The van der Waals surface area contributed by atoms with Crippen molar-refractivity contribution in [2.45, 2.75) is 18.9 Å². The fraction of sp³-hybridized carbons (Fsp3) is 0.375. The van der Waals surface area contributed by atoms with Crippen LogP contribution in [0.2, 0.25) is 0 Å². The summed E-state index contributed by atoms with van der Waals surface area (Å²) in [5.41, 5.74) is 0.751. The minimum absolute atomic E-state index is 0.0312. The molecular formula is C16H19FN4. The van der Waals surface area contributed by atoms with Crippen molar-refractivity contribution in [3.05, 3.63) is 54.2 Å². The Morgan fingerprint density at radius 1 is 1.19 bits per heavy atom. The summed E-state index contributed by atoms with van der Waals surface area (Å²) in [6.45, 7) is 2.67. The van der Waals surface area contributed by atoms with E-state index in [1.54, 1.807) is 12.3 Å². The molecule has 21 heavy (non-hydrogen) atoms. The lowest BCUT2D eigenvalue weighted by atomic mass is 10.0. The lowest BCUT2D eigenvalue weighted by molar-refractivity contribution is 0.250. The Kier molecular flexibility index (Phi) is 4.40. The molecule has 5 heteroatoms. The van der Waals surface area contributed by atoms with E-state index in [-0.39, 0.29) is 11.9 Å². The van der Waals surface area contributed by atoms with Crippen molar-refractivity contribution in [2.24, 2.45) is 0 Å². The van der Waals surface area contributed by atoms with Crippen molar-refractivity contribution in [1.82, 2.24) is 14.9 Å². The number of likely N-dealkylation sites (tertiary alicyclic amines) is 1. The molecule has 110 valence electrons. The summed E-state index contributed by atoms with van der Waals surface area (Å²) >= 11 is 0. The molecule has 1 aromatic carbocycles. The number of hydrogen-bond donors (Lipinski definition) is 1. The summed E-state index contributed by atoms with van der Waals surface area (Å²) < 4.78 is 14.1. The molecule has 0 radical (unpaired) electrons. The molecule has 0 amide bonds. The van der Waals surface area contributed by atoms with E-state index in [2.05, 4.69) is 20.2 Å². The highest BCUT2D eigenvalue weighted by atomic mass is 19.1. The predicted octanol–water partition coefficient (Wildman–Crippen LogP) is 2.86. The van der Waals surface area contributed by atoms with Crippen molar-refractivity contribution >= 4 is 5.82 Å². The van der Waals surface area contributed by atoms with Crippen LogP contribution in [0, 0.1) is 5.82 Å². The Labute approximate surface area is 124 Å². The van der Waals surface area contributed by atoms with Crippen LogP contribution in [-0.4, -0.2) is 34.5 Å². The highest BCUT2D eigenvalue weighted by molar-refractivity contribution is 5.33. The van der Waals surface area contributed by atoms with Crippen LogP contribution in [0.5, 0.6) is 0 Å². The summed E-state index contributed by atoms with van der Waals surface area (Å²) in [6, 6.07) is 8.89. The molecule has 2 aromatic rings. The van der Waals surface area contributed by atoms with Crippen molar-refractivity contribution in [3.63, 3.8) is 0 Å². The first-order valence-corrected chi connectivity index (χ1v) is 7.33. The second kappa shape index (κ2) is 6.63. The highest BCUT2D eigenvalue weighted by Gasteiger charge is 2.25. The molecule has 1 saturated heterocycles. The zero-order valence-corrected chi connectivity index (χ0v) is 11.9. The SMILES string of the molecule is Fc1ccccc1[C@@H](CNc1ccncn1)N1CCCC1. The minimum Gasteiger partial charge on any atom is -0.368 e. The summed E-state index contributed by atoms with van der Waals surface area (Å²) in [5, 5.41) is 3.29. The molecular weight excluding hydrogens is 267 g/mol. The average Bonchev–Trinajstić information content (AvgIpc) is 3.04. The normalized spacial score (nSPS) is 16.8. The first-order chi connectivity index (χ1) is 10.3. The minimum atomic E-state index is -0.140. The van der Waals surface area contributed by atoms with Gasteiger partial charge in [0.1, 0.15) is 18.0 Å². The van der Waals surface area contributed by atoms with E-state index in [1.165, 1.54) is 25.2 Å². The van der Waals surface area contributed by atoms with Gasteiger partial charge in [-0.1, -0.05) is 18.2 Å². The number of anilines is 1. The Morgan fingerprint density at radius 2 is 2.00 bits per heavy atom. The number of hydrogen-bond acceptors (Lipinski definition) is 4. The van der Waals surface area contributed by atoms with Gasteiger partial charge in [0.15, 0.2) is 0 Å². The molecule has 1 atom stereocenters. The fourth-order valence-corrected chi connectivity index (χ4v) is 2.83. The summed E-state index contributed by atoms with van der Waals surface area (Å²) in [7, 11) is 0. The molecule has 0 bridgehead atoms. The molecule has 1 aliphatic rings. The van der Waals surface area contributed by atoms with Gasteiger partial charge in [-0.2, -0.15) is 0 Å². The predicted molar refractivity (Wildman–Crippen MR) is 80.5 cm³/mol. The van der Waals surface area contributed by atoms with E-state index in [1.807, 2.05) is 18.2 Å². The summed E-state index contributed by atoms with van der Waals surface area (Å²) in [4.78, 5) is 10.4. The van der Waals surface area contributed by atoms with Gasteiger partial charge in [0.25, 0.3) is 0 Å². The van der Waals surface area contributed by atoms with E-state index in [4.69, 9.17) is 0 Å².